The van der Waals surface area contributed by atoms with Crippen LogP contribution in [0.3, 0.4) is 0 Å². The number of carbonyl (C=O) groups excluding carboxylic acids is 2. The minimum absolute atomic E-state index is 0.0593. The summed E-state index contributed by atoms with van der Waals surface area (Å²) in [6, 6.07) is 7.64. The number of benzene rings is 1. The Kier molecular flexibility index (Phi) is 7.99. The molecule has 0 saturated heterocycles. The Hall–Kier alpha value is -2.08. The van der Waals surface area contributed by atoms with E-state index in [2.05, 4.69) is 35.0 Å². The fourth-order valence-corrected chi connectivity index (χ4v) is 1.91. The largest absolute Gasteiger partial charge is 0.383 e. The second-order valence-electron chi connectivity index (χ2n) is 4.99. The third-order valence-electron chi connectivity index (χ3n) is 3.27. The fourth-order valence-electron chi connectivity index (χ4n) is 1.91. The number of hydrogen-bond donors (Lipinski definition) is 3. The number of aryl methyl sites for hydroxylation is 1. The molecule has 3 N–H and O–H groups in total. The predicted octanol–water partition coefficient (Wildman–Crippen LogP) is 1.37. The van der Waals surface area contributed by atoms with Crippen LogP contribution in [0.2, 0.25) is 0 Å². The maximum Gasteiger partial charge on any atom is 0.315 e. The van der Waals surface area contributed by atoms with Crippen molar-refractivity contribution in [2.24, 2.45) is 0 Å². The highest BCUT2D eigenvalue weighted by molar-refractivity contribution is 5.84. The summed E-state index contributed by atoms with van der Waals surface area (Å²) in [5.41, 5.74) is 2.30. The molecule has 0 aromatic heterocycles. The standard InChI is InChI=1S/C16H25N3O3/c1-4-13-5-7-14(8-6-13)12(2)19-15(20)11-18-16(21)17-9-10-22-3/h5-8,12H,4,9-11H2,1-3H3,(H,19,20)(H2,17,18,21). The van der Waals surface area contributed by atoms with E-state index >= 15 is 0 Å². The summed E-state index contributed by atoms with van der Waals surface area (Å²) < 4.78 is 4.81. The van der Waals surface area contributed by atoms with Crippen LogP contribution in [0, 0.1) is 0 Å². The zero-order valence-corrected chi connectivity index (χ0v) is 13.4. The van der Waals surface area contributed by atoms with Gasteiger partial charge < -0.3 is 20.7 Å². The molecule has 22 heavy (non-hydrogen) atoms. The van der Waals surface area contributed by atoms with Crippen LogP contribution in [0.25, 0.3) is 0 Å². The molecule has 0 aliphatic rings. The van der Waals surface area contributed by atoms with Gasteiger partial charge in [0.25, 0.3) is 0 Å². The first-order valence-corrected chi connectivity index (χ1v) is 7.45. The molecule has 0 spiro atoms. The normalized spacial score (nSPS) is 11.6. The number of urea groups is 1. The molecule has 0 aliphatic heterocycles. The van der Waals surface area contributed by atoms with E-state index in [0.717, 1.165) is 12.0 Å². The van der Waals surface area contributed by atoms with Gasteiger partial charge in [0.05, 0.1) is 19.2 Å². The van der Waals surface area contributed by atoms with E-state index in [4.69, 9.17) is 4.74 Å². The van der Waals surface area contributed by atoms with Crippen LogP contribution in [0.1, 0.15) is 31.0 Å². The maximum absolute atomic E-state index is 11.8. The molecule has 0 bridgehead atoms. The van der Waals surface area contributed by atoms with Crippen molar-refractivity contribution in [1.82, 2.24) is 16.0 Å². The summed E-state index contributed by atoms with van der Waals surface area (Å²) in [4.78, 5) is 23.2. The summed E-state index contributed by atoms with van der Waals surface area (Å²) in [7, 11) is 1.56. The number of amides is 3. The molecule has 1 rings (SSSR count). The van der Waals surface area contributed by atoms with E-state index < -0.39 is 0 Å². The van der Waals surface area contributed by atoms with Gasteiger partial charge in [-0.15, -0.1) is 0 Å². The van der Waals surface area contributed by atoms with Crippen molar-refractivity contribution < 1.29 is 14.3 Å². The highest BCUT2D eigenvalue weighted by Crippen LogP contribution is 2.13. The molecule has 6 heteroatoms. The molecule has 1 aromatic carbocycles. The lowest BCUT2D eigenvalue weighted by Crippen LogP contribution is -2.43. The van der Waals surface area contributed by atoms with Crippen molar-refractivity contribution in [3.05, 3.63) is 35.4 Å². The van der Waals surface area contributed by atoms with Gasteiger partial charge in [-0.3, -0.25) is 4.79 Å². The van der Waals surface area contributed by atoms with Crippen molar-refractivity contribution >= 4 is 11.9 Å². The monoisotopic (exact) mass is 307 g/mol. The SMILES string of the molecule is CCc1ccc(C(C)NC(=O)CNC(=O)NCCOC)cc1. The lowest BCUT2D eigenvalue weighted by molar-refractivity contribution is -0.120. The third kappa shape index (κ3) is 6.58. The van der Waals surface area contributed by atoms with Gasteiger partial charge in [0, 0.05) is 13.7 Å². The van der Waals surface area contributed by atoms with Gasteiger partial charge in [-0.25, -0.2) is 4.79 Å². The quantitative estimate of drug-likeness (QED) is 0.635. The summed E-state index contributed by atoms with van der Waals surface area (Å²) in [5.74, 6) is -0.228. The summed E-state index contributed by atoms with van der Waals surface area (Å²) in [5, 5.41) is 7.93. The molecule has 0 radical (unpaired) electrons. The lowest BCUT2D eigenvalue weighted by Gasteiger charge is -2.15. The second-order valence-corrected chi connectivity index (χ2v) is 4.99. The molecule has 122 valence electrons. The maximum atomic E-state index is 11.8. The fraction of sp³-hybridized carbons (Fsp3) is 0.500. The van der Waals surface area contributed by atoms with Crippen LogP contribution in [0.15, 0.2) is 24.3 Å². The van der Waals surface area contributed by atoms with E-state index in [1.54, 1.807) is 7.11 Å². The molecule has 0 aliphatic carbocycles. The van der Waals surface area contributed by atoms with E-state index in [0.29, 0.717) is 13.2 Å². The van der Waals surface area contributed by atoms with Crippen LogP contribution >= 0.6 is 0 Å². The van der Waals surface area contributed by atoms with Gasteiger partial charge in [-0.2, -0.15) is 0 Å². The van der Waals surface area contributed by atoms with Crippen LogP contribution < -0.4 is 16.0 Å². The summed E-state index contributed by atoms with van der Waals surface area (Å²) in [6.45, 7) is 4.80. The van der Waals surface area contributed by atoms with E-state index in [1.807, 2.05) is 19.1 Å². The Bertz CT molecular complexity index is 474. The Morgan fingerprint density at radius 2 is 1.86 bits per heavy atom. The zero-order chi connectivity index (χ0) is 16.4. The van der Waals surface area contributed by atoms with Gasteiger partial charge >= 0.3 is 6.03 Å². The summed E-state index contributed by atoms with van der Waals surface area (Å²) in [6.07, 6.45) is 0.989. The molecule has 1 aromatic rings. The Morgan fingerprint density at radius 1 is 1.18 bits per heavy atom. The summed E-state index contributed by atoms with van der Waals surface area (Å²) >= 11 is 0. The minimum atomic E-state index is -0.382. The first kappa shape index (κ1) is 18.0. The van der Waals surface area contributed by atoms with Crippen LogP contribution in [0.4, 0.5) is 4.79 Å². The molecule has 0 saturated carbocycles. The molecule has 1 atom stereocenters. The molecule has 0 fully saturated rings. The van der Waals surface area contributed by atoms with Gasteiger partial charge in [0.15, 0.2) is 0 Å². The molecular formula is C16H25N3O3. The van der Waals surface area contributed by atoms with Gasteiger partial charge in [-0.05, 0) is 24.5 Å². The molecule has 3 amide bonds. The Balaban J connectivity index is 2.32. The van der Waals surface area contributed by atoms with Crippen LogP contribution in [-0.2, 0) is 16.0 Å². The number of methoxy groups -OCH3 is 1. The third-order valence-corrected chi connectivity index (χ3v) is 3.27. The average molecular weight is 307 g/mol. The molecule has 0 heterocycles. The van der Waals surface area contributed by atoms with Gasteiger partial charge in [0.1, 0.15) is 0 Å². The van der Waals surface area contributed by atoms with Gasteiger partial charge in [0.2, 0.25) is 5.91 Å². The Labute approximate surface area is 131 Å². The smallest absolute Gasteiger partial charge is 0.315 e. The molecule has 6 nitrogen and oxygen atoms in total. The minimum Gasteiger partial charge on any atom is -0.383 e. The van der Waals surface area contributed by atoms with E-state index in [9.17, 15) is 9.59 Å². The lowest BCUT2D eigenvalue weighted by atomic mass is 10.1. The second kappa shape index (κ2) is 9.78. The number of hydrogen-bond acceptors (Lipinski definition) is 3. The highest BCUT2D eigenvalue weighted by Gasteiger charge is 2.10. The van der Waals surface area contributed by atoms with E-state index in [-0.39, 0.29) is 24.5 Å². The zero-order valence-electron chi connectivity index (χ0n) is 13.4. The Morgan fingerprint density at radius 3 is 2.45 bits per heavy atom. The van der Waals surface area contributed by atoms with Crippen molar-refractivity contribution in [1.29, 1.82) is 0 Å². The number of carbonyl (C=O) groups is 2. The van der Waals surface area contributed by atoms with Gasteiger partial charge in [-0.1, -0.05) is 31.2 Å². The topological polar surface area (TPSA) is 79.5 Å². The molecular weight excluding hydrogens is 282 g/mol. The average Bonchev–Trinajstić information content (AvgIpc) is 2.53. The van der Waals surface area contributed by atoms with Crippen molar-refractivity contribution in [2.75, 3.05) is 26.8 Å². The first-order valence-electron chi connectivity index (χ1n) is 7.45. The number of nitrogens with one attached hydrogen (secondary N) is 3. The predicted molar refractivity (Wildman–Crippen MR) is 85.7 cm³/mol. The van der Waals surface area contributed by atoms with Crippen molar-refractivity contribution in [3.63, 3.8) is 0 Å². The highest BCUT2D eigenvalue weighted by atomic mass is 16.5. The van der Waals surface area contributed by atoms with Crippen molar-refractivity contribution in [3.8, 4) is 0 Å². The molecule has 1 unspecified atom stereocenters. The van der Waals surface area contributed by atoms with Crippen molar-refractivity contribution in [2.45, 2.75) is 26.3 Å². The van der Waals surface area contributed by atoms with Crippen LogP contribution in [0.5, 0.6) is 0 Å². The number of ether oxygens (including phenoxy) is 1. The number of rotatable bonds is 8. The van der Waals surface area contributed by atoms with E-state index in [1.165, 1.54) is 5.56 Å². The van der Waals surface area contributed by atoms with Crippen LogP contribution in [-0.4, -0.2) is 38.7 Å². The first-order chi connectivity index (χ1) is 10.6.